The van der Waals surface area contributed by atoms with Crippen molar-refractivity contribution in [2.75, 3.05) is 18.4 Å². The number of rotatable bonds is 4. The van der Waals surface area contributed by atoms with Gasteiger partial charge in [0.2, 0.25) is 5.95 Å². The van der Waals surface area contributed by atoms with Crippen molar-refractivity contribution in [2.24, 2.45) is 0 Å². The number of likely N-dealkylation sites (tertiary alicyclic amines) is 1. The van der Waals surface area contributed by atoms with E-state index >= 15 is 0 Å². The number of fused-ring (bicyclic) bond motifs is 1. The van der Waals surface area contributed by atoms with E-state index in [0.717, 1.165) is 5.56 Å². The van der Waals surface area contributed by atoms with Crippen LogP contribution in [0.1, 0.15) is 45.2 Å². The van der Waals surface area contributed by atoms with E-state index < -0.39 is 5.60 Å². The Morgan fingerprint density at radius 1 is 1.24 bits per heavy atom. The summed E-state index contributed by atoms with van der Waals surface area (Å²) < 4.78 is 7.17. The van der Waals surface area contributed by atoms with Gasteiger partial charge in [0.25, 0.3) is 5.56 Å². The molecule has 0 radical (unpaired) electrons. The fraction of sp³-hybridized carbons (Fsp3) is 0.455. The Hall–Kier alpha value is -2.78. The second-order valence-corrected chi connectivity index (χ2v) is 9.85. The minimum absolute atomic E-state index is 0.000829. The molecule has 1 saturated heterocycles. The van der Waals surface area contributed by atoms with Gasteiger partial charge in [-0.15, -0.1) is 0 Å². The molecular formula is C22H26Cl2N6O3. The molecule has 9 nitrogen and oxygen atoms in total. The van der Waals surface area contributed by atoms with Crippen molar-refractivity contribution in [3.63, 3.8) is 0 Å². The summed E-state index contributed by atoms with van der Waals surface area (Å²) in [5, 5.41) is 8.48. The number of piperidine rings is 1. The second-order valence-electron chi connectivity index (χ2n) is 9.04. The molecule has 2 aromatic heterocycles. The SMILES string of the molecule is CC(C)(C)OC(=O)N1CCC(n2ncc3nc(NCc4ccc(Cl)c(Cl)c4)[nH]c(=O)c32)CC1. The van der Waals surface area contributed by atoms with Gasteiger partial charge in [-0.1, -0.05) is 29.3 Å². The van der Waals surface area contributed by atoms with Gasteiger partial charge in [0, 0.05) is 19.6 Å². The van der Waals surface area contributed by atoms with Crippen LogP contribution in [0.3, 0.4) is 0 Å². The number of nitrogens with one attached hydrogen (secondary N) is 2. The molecule has 0 atom stereocenters. The first-order chi connectivity index (χ1) is 15.6. The highest BCUT2D eigenvalue weighted by atomic mass is 35.5. The van der Waals surface area contributed by atoms with Gasteiger partial charge < -0.3 is 15.0 Å². The first-order valence-corrected chi connectivity index (χ1v) is 11.5. The van der Waals surface area contributed by atoms with E-state index in [9.17, 15) is 9.59 Å². The fourth-order valence-electron chi connectivity index (χ4n) is 3.79. The lowest BCUT2D eigenvalue weighted by molar-refractivity contribution is 0.0186. The van der Waals surface area contributed by atoms with Gasteiger partial charge in [-0.25, -0.2) is 9.78 Å². The first-order valence-electron chi connectivity index (χ1n) is 10.7. The zero-order valence-corrected chi connectivity index (χ0v) is 20.2. The molecule has 0 bridgehead atoms. The third-order valence-electron chi connectivity index (χ3n) is 5.36. The van der Waals surface area contributed by atoms with Gasteiger partial charge >= 0.3 is 6.09 Å². The topological polar surface area (TPSA) is 105 Å². The summed E-state index contributed by atoms with van der Waals surface area (Å²) >= 11 is 12.0. The highest BCUT2D eigenvalue weighted by Gasteiger charge is 2.29. The van der Waals surface area contributed by atoms with Crippen LogP contribution in [-0.2, 0) is 11.3 Å². The molecule has 3 heterocycles. The van der Waals surface area contributed by atoms with Gasteiger partial charge in [-0.3, -0.25) is 14.5 Å². The Bertz CT molecular complexity index is 1230. The van der Waals surface area contributed by atoms with Gasteiger partial charge in [0.15, 0.2) is 5.52 Å². The molecule has 1 aliphatic heterocycles. The molecule has 1 amide bonds. The van der Waals surface area contributed by atoms with E-state index in [1.165, 1.54) is 0 Å². The molecule has 0 saturated carbocycles. The molecule has 4 rings (SSSR count). The molecule has 0 aliphatic carbocycles. The van der Waals surface area contributed by atoms with E-state index in [4.69, 9.17) is 27.9 Å². The van der Waals surface area contributed by atoms with Crippen LogP contribution in [-0.4, -0.2) is 49.4 Å². The standard InChI is InChI=1S/C22H26Cl2N6O3/c1-22(2,3)33-21(32)29-8-6-14(7-9-29)30-18-17(12-26-30)27-20(28-19(18)31)25-11-13-4-5-15(23)16(24)10-13/h4-5,10,12,14H,6-9,11H2,1-3H3,(H2,25,27,28,31). The van der Waals surface area contributed by atoms with Crippen LogP contribution in [0.15, 0.2) is 29.2 Å². The number of carbonyl (C=O) groups excluding carboxylic acids is 1. The number of nitrogens with zero attached hydrogens (tertiary/aromatic N) is 4. The fourth-order valence-corrected chi connectivity index (χ4v) is 4.11. The smallest absolute Gasteiger partial charge is 0.410 e. The van der Waals surface area contributed by atoms with Crippen molar-refractivity contribution in [1.29, 1.82) is 0 Å². The molecule has 11 heteroatoms. The number of benzene rings is 1. The van der Waals surface area contributed by atoms with Gasteiger partial charge in [0.1, 0.15) is 11.1 Å². The second kappa shape index (κ2) is 9.23. The lowest BCUT2D eigenvalue weighted by Gasteiger charge is -2.33. The number of amides is 1. The first kappa shape index (κ1) is 23.4. The average molecular weight is 493 g/mol. The number of H-pyrrole nitrogens is 1. The van der Waals surface area contributed by atoms with Crippen molar-refractivity contribution in [1.82, 2.24) is 24.6 Å². The minimum Gasteiger partial charge on any atom is -0.444 e. The Morgan fingerprint density at radius 2 is 1.97 bits per heavy atom. The van der Waals surface area contributed by atoms with E-state index in [2.05, 4.69) is 20.4 Å². The number of anilines is 1. The third kappa shape index (κ3) is 5.42. The Kier molecular flexibility index (Phi) is 6.54. The maximum atomic E-state index is 12.8. The van der Waals surface area contributed by atoms with Gasteiger partial charge in [-0.2, -0.15) is 5.10 Å². The summed E-state index contributed by atoms with van der Waals surface area (Å²) in [7, 11) is 0. The highest BCUT2D eigenvalue weighted by molar-refractivity contribution is 6.42. The number of ether oxygens (including phenoxy) is 1. The minimum atomic E-state index is -0.531. The molecule has 33 heavy (non-hydrogen) atoms. The molecule has 2 N–H and O–H groups in total. The maximum absolute atomic E-state index is 12.8. The highest BCUT2D eigenvalue weighted by Crippen LogP contribution is 2.26. The molecular weight excluding hydrogens is 467 g/mol. The third-order valence-corrected chi connectivity index (χ3v) is 6.10. The van der Waals surface area contributed by atoms with E-state index in [-0.39, 0.29) is 17.7 Å². The normalized spacial score (nSPS) is 15.1. The van der Waals surface area contributed by atoms with Gasteiger partial charge in [0.05, 0.1) is 22.3 Å². The summed E-state index contributed by atoms with van der Waals surface area (Å²) in [4.78, 5) is 34.1. The van der Waals surface area contributed by atoms with E-state index in [1.54, 1.807) is 27.9 Å². The number of aromatic nitrogens is 4. The van der Waals surface area contributed by atoms with Crippen LogP contribution in [0, 0.1) is 0 Å². The molecule has 1 aromatic carbocycles. The molecule has 1 fully saturated rings. The molecule has 0 unspecified atom stereocenters. The number of hydrogen-bond donors (Lipinski definition) is 2. The van der Waals surface area contributed by atoms with Crippen LogP contribution < -0.4 is 10.9 Å². The quantitative estimate of drug-likeness (QED) is 0.550. The summed E-state index contributed by atoms with van der Waals surface area (Å²) in [6, 6.07) is 5.33. The zero-order valence-electron chi connectivity index (χ0n) is 18.7. The van der Waals surface area contributed by atoms with Crippen molar-refractivity contribution in [3.8, 4) is 0 Å². The molecule has 1 aliphatic rings. The van der Waals surface area contributed by atoms with Crippen LogP contribution in [0.25, 0.3) is 11.0 Å². The molecule has 0 spiro atoms. The van der Waals surface area contributed by atoms with Crippen molar-refractivity contribution < 1.29 is 9.53 Å². The number of aromatic amines is 1. The van der Waals surface area contributed by atoms with Crippen molar-refractivity contribution >= 4 is 46.3 Å². The zero-order chi connectivity index (χ0) is 23.8. The van der Waals surface area contributed by atoms with E-state index in [0.29, 0.717) is 59.5 Å². The number of hydrogen-bond acceptors (Lipinski definition) is 6. The van der Waals surface area contributed by atoms with Crippen molar-refractivity contribution in [3.05, 3.63) is 50.4 Å². The van der Waals surface area contributed by atoms with Crippen LogP contribution in [0.4, 0.5) is 10.7 Å². The predicted octanol–water partition coefficient (Wildman–Crippen LogP) is 4.61. The molecule has 3 aromatic rings. The maximum Gasteiger partial charge on any atom is 0.410 e. The summed E-state index contributed by atoms with van der Waals surface area (Å²) in [5.41, 5.74) is 1.02. The predicted molar refractivity (Wildman–Crippen MR) is 128 cm³/mol. The average Bonchev–Trinajstić information content (AvgIpc) is 3.18. The monoisotopic (exact) mass is 492 g/mol. The van der Waals surface area contributed by atoms with Crippen molar-refractivity contribution in [2.45, 2.75) is 51.8 Å². The summed E-state index contributed by atoms with van der Waals surface area (Å²) in [6.07, 6.45) is 2.62. The number of halogens is 2. The lowest BCUT2D eigenvalue weighted by Crippen LogP contribution is -2.42. The van der Waals surface area contributed by atoms with Gasteiger partial charge in [-0.05, 0) is 51.3 Å². The van der Waals surface area contributed by atoms with Crippen LogP contribution >= 0.6 is 23.2 Å². The number of carbonyl (C=O) groups is 1. The molecule has 176 valence electrons. The Labute approximate surface area is 201 Å². The van der Waals surface area contributed by atoms with E-state index in [1.807, 2.05) is 26.8 Å². The summed E-state index contributed by atoms with van der Waals surface area (Å²) in [5.74, 6) is 0.345. The summed E-state index contributed by atoms with van der Waals surface area (Å²) in [6.45, 7) is 7.04. The lowest BCUT2D eigenvalue weighted by atomic mass is 10.1. The Balaban J connectivity index is 1.45. The Morgan fingerprint density at radius 3 is 2.64 bits per heavy atom. The van der Waals surface area contributed by atoms with Crippen LogP contribution in [0.2, 0.25) is 10.0 Å². The largest absolute Gasteiger partial charge is 0.444 e. The van der Waals surface area contributed by atoms with Crippen LogP contribution in [0.5, 0.6) is 0 Å².